The van der Waals surface area contributed by atoms with Crippen LogP contribution >= 0.6 is 11.3 Å². The van der Waals surface area contributed by atoms with Crippen LogP contribution in [0.4, 0.5) is 5.00 Å². The van der Waals surface area contributed by atoms with Gasteiger partial charge < -0.3 is 10.1 Å². The van der Waals surface area contributed by atoms with E-state index in [0.29, 0.717) is 11.1 Å². The fourth-order valence-electron chi connectivity index (χ4n) is 2.16. The van der Waals surface area contributed by atoms with Crippen molar-refractivity contribution in [1.29, 1.82) is 10.5 Å². The third-order valence-electron chi connectivity index (χ3n) is 3.42. The summed E-state index contributed by atoms with van der Waals surface area (Å²) in [5.41, 5.74) is 1.22. The molecule has 1 aromatic heterocycles. The van der Waals surface area contributed by atoms with E-state index in [1.807, 2.05) is 18.2 Å². The van der Waals surface area contributed by atoms with Crippen LogP contribution in [0.5, 0.6) is 0 Å². The van der Waals surface area contributed by atoms with Gasteiger partial charge in [0.05, 0.1) is 12.2 Å². The van der Waals surface area contributed by atoms with Crippen molar-refractivity contribution < 1.29 is 14.3 Å². The highest BCUT2D eigenvalue weighted by atomic mass is 32.1. The molecule has 0 aliphatic carbocycles. The summed E-state index contributed by atoms with van der Waals surface area (Å²) < 4.78 is 4.96. The van der Waals surface area contributed by atoms with Crippen LogP contribution in [0.3, 0.4) is 0 Å². The van der Waals surface area contributed by atoms with Gasteiger partial charge in [-0.1, -0.05) is 30.3 Å². The number of carbonyl (C=O) groups excluding carboxylic acids is 2. The largest absolute Gasteiger partial charge is 0.462 e. The van der Waals surface area contributed by atoms with Crippen molar-refractivity contribution in [2.24, 2.45) is 0 Å². The second-order valence-corrected chi connectivity index (χ2v) is 6.15. The van der Waals surface area contributed by atoms with Crippen LogP contribution < -0.4 is 5.32 Å². The zero-order chi connectivity index (χ0) is 19.1. The molecule has 2 aromatic rings. The summed E-state index contributed by atoms with van der Waals surface area (Å²) in [6, 6.07) is 12.8. The molecule has 0 fully saturated rings. The quantitative estimate of drug-likeness (QED) is 0.495. The Morgan fingerprint density at radius 2 is 1.96 bits per heavy atom. The van der Waals surface area contributed by atoms with Crippen LogP contribution in [0, 0.1) is 29.6 Å². The molecular weight excluding hydrogens is 350 g/mol. The van der Waals surface area contributed by atoms with Gasteiger partial charge in [-0.15, -0.1) is 11.3 Å². The molecule has 1 heterocycles. The molecule has 0 unspecified atom stereocenters. The van der Waals surface area contributed by atoms with Crippen molar-refractivity contribution >= 4 is 34.3 Å². The van der Waals surface area contributed by atoms with E-state index in [4.69, 9.17) is 4.74 Å². The van der Waals surface area contributed by atoms with Gasteiger partial charge in [0.25, 0.3) is 5.91 Å². The number of anilines is 1. The lowest BCUT2D eigenvalue weighted by molar-refractivity contribution is -0.112. The molecular formula is C19H15N3O3S. The Morgan fingerprint density at radius 3 is 2.54 bits per heavy atom. The molecule has 26 heavy (non-hydrogen) atoms. The minimum atomic E-state index is -0.649. The van der Waals surface area contributed by atoms with E-state index in [1.165, 1.54) is 6.08 Å². The Morgan fingerprint density at radius 1 is 1.27 bits per heavy atom. The smallest absolute Gasteiger partial charge is 0.348 e. The number of nitriles is 2. The molecule has 7 heteroatoms. The molecule has 130 valence electrons. The minimum Gasteiger partial charge on any atom is -0.462 e. The second kappa shape index (κ2) is 8.61. The number of benzene rings is 1. The number of nitrogens with zero attached hydrogens (tertiary/aromatic N) is 2. The zero-order valence-electron chi connectivity index (χ0n) is 14.2. The second-order valence-electron chi connectivity index (χ2n) is 5.13. The van der Waals surface area contributed by atoms with Crippen molar-refractivity contribution in [2.75, 3.05) is 11.9 Å². The van der Waals surface area contributed by atoms with Gasteiger partial charge in [-0.2, -0.15) is 10.5 Å². The molecule has 6 nitrogen and oxygen atoms in total. The van der Waals surface area contributed by atoms with Crippen LogP contribution in [0.2, 0.25) is 0 Å². The van der Waals surface area contributed by atoms with Crippen molar-refractivity contribution in [3.8, 4) is 12.1 Å². The monoisotopic (exact) mass is 365 g/mol. The lowest BCUT2D eigenvalue weighted by Crippen LogP contribution is -2.13. The van der Waals surface area contributed by atoms with Crippen LogP contribution in [0.25, 0.3) is 6.08 Å². The van der Waals surface area contributed by atoms with Crippen molar-refractivity contribution in [2.45, 2.75) is 13.8 Å². The zero-order valence-corrected chi connectivity index (χ0v) is 15.0. The fraction of sp³-hybridized carbons (Fsp3) is 0.158. The van der Waals surface area contributed by atoms with Crippen LogP contribution in [0.1, 0.15) is 33.3 Å². The highest BCUT2D eigenvalue weighted by Crippen LogP contribution is 2.33. The highest BCUT2D eigenvalue weighted by Gasteiger charge is 2.23. The number of carbonyl (C=O) groups is 2. The average molecular weight is 365 g/mol. The number of esters is 1. The Kier molecular flexibility index (Phi) is 6.26. The van der Waals surface area contributed by atoms with E-state index >= 15 is 0 Å². The van der Waals surface area contributed by atoms with Crippen molar-refractivity contribution in [3.63, 3.8) is 0 Å². The van der Waals surface area contributed by atoms with Crippen molar-refractivity contribution in [1.82, 2.24) is 0 Å². The molecule has 0 bridgehead atoms. The summed E-state index contributed by atoms with van der Waals surface area (Å²) in [6.07, 6.45) is 1.45. The third-order valence-corrected chi connectivity index (χ3v) is 4.61. The number of amides is 1. The number of hydrogen-bond acceptors (Lipinski definition) is 6. The Balaban J connectivity index is 2.32. The molecule has 0 saturated heterocycles. The lowest BCUT2D eigenvalue weighted by atomic mass is 10.1. The SMILES string of the molecule is CCOC(=O)c1sc(NC(=O)C(C#N)=Cc2ccccc2)c(C#N)c1C. The molecule has 0 saturated carbocycles. The van der Waals surface area contributed by atoms with Crippen molar-refractivity contribution in [3.05, 3.63) is 57.5 Å². The molecule has 0 spiro atoms. The molecule has 1 amide bonds. The third kappa shape index (κ3) is 4.15. The summed E-state index contributed by atoms with van der Waals surface area (Å²) in [5.74, 6) is -1.20. The van der Waals surface area contributed by atoms with Gasteiger partial charge in [0.2, 0.25) is 0 Å². The van der Waals surface area contributed by atoms with Crippen LogP contribution in [-0.4, -0.2) is 18.5 Å². The number of rotatable bonds is 5. The summed E-state index contributed by atoms with van der Waals surface area (Å²) in [6.45, 7) is 3.50. The lowest BCUT2D eigenvalue weighted by Gasteiger charge is -2.02. The Hall–Kier alpha value is -3.42. The average Bonchev–Trinajstić information content (AvgIpc) is 2.96. The van der Waals surface area contributed by atoms with Gasteiger partial charge in [0.15, 0.2) is 0 Å². The van der Waals surface area contributed by atoms with E-state index in [0.717, 1.165) is 11.3 Å². The molecule has 1 aromatic carbocycles. The molecule has 0 atom stereocenters. The normalized spacial score (nSPS) is 10.5. The fourth-order valence-corrected chi connectivity index (χ4v) is 3.21. The summed E-state index contributed by atoms with van der Waals surface area (Å²) in [7, 11) is 0. The summed E-state index contributed by atoms with van der Waals surface area (Å²) in [4.78, 5) is 24.6. The Labute approximate surface area is 154 Å². The first-order valence-electron chi connectivity index (χ1n) is 7.70. The van der Waals surface area contributed by atoms with E-state index < -0.39 is 11.9 Å². The summed E-state index contributed by atoms with van der Waals surface area (Å²) >= 11 is 0.956. The first-order chi connectivity index (χ1) is 12.5. The van der Waals surface area contributed by atoms with Gasteiger partial charge >= 0.3 is 5.97 Å². The molecule has 0 aliphatic heterocycles. The number of hydrogen-bond donors (Lipinski definition) is 1. The first-order valence-corrected chi connectivity index (χ1v) is 8.52. The van der Waals surface area contributed by atoms with Crippen LogP contribution in [-0.2, 0) is 9.53 Å². The van der Waals surface area contributed by atoms with Crippen LogP contribution in [0.15, 0.2) is 35.9 Å². The molecule has 0 aliphatic rings. The van der Waals surface area contributed by atoms with E-state index in [-0.39, 0.29) is 27.6 Å². The molecule has 0 radical (unpaired) electrons. The maximum Gasteiger partial charge on any atom is 0.348 e. The predicted octanol–water partition coefficient (Wildman–Crippen LogP) is 3.65. The molecule has 2 rings (SSSR count). The predicted molar refractivity (Wildman–Crippen MR) is 98.4 cm³/mol. The number of ether oxygens (including phenoxy) is 1. The Bertz CT molecular complexity index is 947. The number of nitrogens with one attached hydrogen (secondary N) is 1. The van der Waals surface area contributed by atoms with Gasteiger partial charge in [-0.05, 0) is 31.1 Å². The number of thiophene rings is 1. The first kappa shape index (κ1) is 18.9. The highest BCUT2D eigenvalue weighted by molar-refractivity contribution is 7.18. The minimum absolute atomic E-state index is 0.108. The van der Waals surface area contributed by atoms with E-state index in [1.54, 1.807) is 38.1 Å². The molecule has 1 N–H and O–H groups in total. The standard InChI is InChI=1S/C19H15N3O3S/c1-3-25-19(24)16-12(2)15(11-21)18(26-16)22-17(23)14(10-20)9-13-7-5-4-6-8-13/h4-9H,3H2,1-2H3,(H,22,23). The van der Waals surface area contributed by atoms with Gasteiger partial charge in [0, 0.05) is 0 Å². The maximum atomic E-state index is 12.4. The van der Waals surface area contributed by atoms with Gasteiger partial charge in [-0.3, -0.25) is 4.79 Å². The van der Waals surface area contributed by atoms with Gasteiger partial charge in [0.1, 0.15) is 27.6 Å². The summed E-state index contributed by atoms with van der Waals surface area (Å²) in [5, 5.41) is 21.4. The maximum absolute atomic E-state index is 12.4. The van der Waals surface area contributed by atoms with E-state index in [9.17, 15) is 20.1 Å². The van der Waals surface area contributed by atoms with Gasteiger partial charge in [-0.25, -0.2) is 4.79 Å². The topological polar surface area (TPSA) is 103 Å². The van der Waals surface area contributed by atoms with E-state index in [2.05, 4.69) is 5.32 Å².